The van der Waals surface area contributed by atoms with Gasteiger partial charge in [-0.2, -0.15) is 0 Å². The van der Waals surface area contributed by atoms with Crippen molar-refractivity contribution in [1.29, 1.82) is 0 Å². The van der Waals surface area contributed by atoms with Crippen LogP contribution in [-0.4, -0.2) is 18.3 Å². The minimum Gasteiger partial charge on any atom is -0.367 e. The Labute approximate surface area is 93.4 Å². The number of rotatable bonds is 3. The third-order valence-corrected chi connectivity index (χ3v) is 2.69. The summed E-state index contributed by atoms with van der Waals surface area (Å²) in [6, 6.07) is 8.03. The van der Waals surface area contributed by atoms with Crippen LogP contribution in [0.4, 0.5) is 0 Å². The summed E-state index contributed by atoms with van der Waals surface area (Å²) in [7, 11) is 0. The van der Waals surface area contributed by atoms with Gasteiger partial charge in [-0.1, -0.05) is 24.3 Å². The van der Waals surface area contributed by atoms with Gasteiger partial charge in [0.1, 0.15) is 12.0 Å². The average Bonchev–Trinajstić information content (AvgIpc) is 2.69. The lowest BCUT2D eigenvalue weighted by Crippen LogP contribution is -2.29. The fraction of sp³-hybridized carbons (Fsp3) is 0.364. The standard InChI is InChI=1S/C11H12ClNO2/c12-5-11(14)13-6-10-9-4-2-1-3-8(9)7-15-10/h1-4,10H,5-7H2,(H,13,14). The van der Waals surface area contributed by atoms with E-state index in [9.17, 15) is 4.79 Å². The van der Waals surface area contributed by atoms with Crippen molar-refractivity contribution in [1.82, 2.24) is 5.32 Å². The van der Waals surface area contributed by atoms with Crippen molar-refractivity contribution in [2.45, 2.75) is 12.7 Å². The molecule has 0 fully saturated rings. The number of nitrogens with one attached hydrogen (secondary N) is 1. The summed E-state index contributed by atoms with van der Waals surface area (Å²) in [5.41, 5.74) is 2.36. The molecule has 0 radical (unpaired) electrons. The first-order valence-electron chi connectivity index (χ1n) is 4.83. The zero-order valence-electron chi connectivity index (χ0n) is 8.20. The summed E-state index contributed by atoms with van der Waals surface area (Å²) < 4.78 is 5.56. The van der Waals surface area contributed by atoms with E-state index in [0.717, 1.165) is 5.56 Å². The van der Waals surface area contributed by atoms with Gasteiger partial charge in [0.2, 0.25) is 5.91 Å². The highest BCUT2D eigenvalue weighted by Gasteiger charge is 2.22. The second-order valence-corrected chi connectivity index (χ2v) is 3.70. The zero-order chi connectivity index (χ0) is 10.7. The van der Waals surface area contributed by atoms with Crippen LogP contribution in [0.15, 0.2) is 24.3 Å². The van der Waals surface area contributed by atoms with Crippen LogP contribution in [0.1, 0.15) is 17.2 Å². The zero-order valence-corrected chi connectivity index (χ0v) is 8.96. The van der Waals surface area contributed by atoms with Crippen LogP contribution in [0.3, 0.4) is 0 Å². The smallest absolute Gasteiger partial charge is 0.235 e. The normalized spacial score (nSPS) is 18.6. The van der Waals surface area contributed by atoms with Crippen molar-refractivity contribution < 1.29 is 9.53 Å². The molecule has 1 N–H and O–H groups in total. The Morgan fingerprint density at radius 3 is 3.13 bits per heavy atom. The Morgan fingerprint density at radius 2 is 2.33 bits per heavy atom. The van der Waals surface area contributed by atoms with E-state index in [2.05, 4.69) is 5.32 Å². The van der Waals surface area contributed by atoms with E-state index in [1.165, 1.54) is 5.56 Å². The number of fused-ring (bicyclic) bond motifs is 1. The number of hydrogen-bond donors (Lipinski definition) is 1. The van der Waals surface area contributed by atoms with Gasteiger partial charge in [0, 0.05) is 6.54 Å². The molecule has 0 spiro atoms. The van der Waals surface area contributed by atoms with E-state index in [0.29, 0.717) is 13.2 Å². The van der Waals surface area contributed by atoms with Crippen molar-refractivity contribution in [3.05, 3.63) is 35.4 Å². The number of carbonyl (C=O) groups is 1. The molecular formula is C11H12ClNO2. The van der Waals surface area contributed by atoms with Gasteiger partial charge in [0.15, 0.2) is 0 Å². The van der Waals surface area contributed by atoms with Crippen molar-refractivity contribution in [3.63, 3.8) is 0 Å². The molecule has 1 amide bonds. The van der Waals surface area contributed by atoms with Crippen LogP contribution in [0, 0.1) is 0 Å². The molecule has 0 aromatic heterocycles. The Bertz CT molecular complexity index is 367. The Morgan fingerprint density at radius 1 is 1.53 bits per heavy atom. The quantitative estimate of drug-likeness (QED) is 0.794. The molecule has 1 aliphatic rings. The number of amides is 1. The van der Waals surface area contributed by atoms with E-state index in [-0.39, 0.29) is 17.9 Å². The first-order valence-corrected chi connectivity index (χ1v) is 5.37. The second kappa shape index (κ2) is 4.64. The van der Waals surface area contributed by atoms with Crippen molar-refractivity contribution in [2.75, 3.05) is 12.4 Å². The average molecular weight is 226 g/mol. The number of carbonyl (C=O) groups excluding carboxylic acids is 1. The van der Waals surface area contributed by atoms with Crippen LogP contribution in [0.25, 0.3) is 0 Å². The maximum absolute atomic E-state index is 11.0. The first kappa shape index (κ1) is 10.5. The van der Waals surface area contributed by atoms with Crippen LogP contribution in [0.2, 0.25) is 0 Å². The number of halogens is 1. The number of ether oxygens (including phenoxy) is 1. The minimum absolute atomic E-state index is 0.00559. The predicted octanol–water partition coefficient (Wildman–Crippen LogP) is 1.61. The SMILES string of the molecule is O=C(CCl)NCC1OCc2ccccc21. The van der Waals surface area contributed by atoms with Crippen LogP contribution in [0.5, 0.6) is 0 Å². The van der Waals surface area contributed by atoms with Crippen LogP contribution in [-0.2, 0) is 16.1 Å². The molecule has 1 aliphatic heterocycles. The van der Waals surface area contributed by atoms with Gasteiger partial charge in [-0.05, 0) is 11.1 Å². The first-order chi connectivity index (χ1) is 7.31. The molecule has 3 nitrogen and oxygen atoms in total. The summed E-state index contributed by atoms with van der Waals surface area (Å²) in [4.78, 5) is 11.0. The Hall–Kier alpha value is -1.06. The summed E-state index contributed by atoms with van der Waals surface area (Å²) in [6.07, 6.45) is -0.0339. The molecule has 1 unspecified atom stereocenters. The van der Waals surface area contributed by atoms with Gasteiger partial charge in [-0.3, -0.25) is 4.79 Å². The maximum Gasteiger partial charge on any atom is 0.235 e. The largest absolute Gasteiger partial charge is 0.367 e. The van der Waals surface area contributed by atoms with Gasteiger partial charge < -0.3 is 10.1 Å². The Kier molecular flexibility index (Phi) is 3.23. The molecule has 80 valence electrons. The molecule has 1 atom stereocenters. The number of benzene rings is 1. The molecule has 1 aromatic rings. The summed E-state index contributed by atoms with van der Waals surface area (Å²) in [5.74, 6) is -0.168. The van der Waals surface area contributed by atoms with Gasteiger partial charge in [-0.15, -0.1) is 11.6 Å². The third-order valence-electron chi connectivity index (χ3n) is 2.45. The fourth-order valence-corrected chi connectivity index (χ4v) is 1.78. The third kappa shape index (κ3) is 2.30. The van der Waals surface area contributed by atoms with Crippen LogP contribution < -0.4 is 5.32 Å². The summed E-state index contributed by atoms with van der Waals surface area (Å²) >= 11 is 5.38. The molecule has 0 bridgehead atoms. The van der Waals surface area contributed by atoms with Gasteiger partial charge in [0.05, 0.1) is 6.61 Å². The van der Waals surface area contributed by atoms with E-state index in [1.54, 1.807) is 0 Å². The highest BCUT2D eigenvalue weighted by molar-refractivity contribution is 6.27. The van der Waals surface area contributed by atoms with Crippen LogP contribution >= 0.6 is 11.6 Å². The topological polar surface area (TPSA) is 38.3 Å². The molecule has 1 aromatic carbocycles. The molecular weight excluding hydrogens is 214 g/mol. The molecule has 0 saturated carbocycles. The lowest BCUT2D eigenvalue weighted by atomic mass is 10.1. The molecule has 1 heterocycles. The summed E-state index contributed by atoms with van der Waals surface area (Å²) in [6.45, 7) is 1.11. The van der Waals surface area contributed by atoms with Gasteiger partial charge in [-0.25, -0.2) is 0 Å². The monoisotopic (exact) mass is 225 g/mol. The predicted molar refractivity (Wildman–Crippen MR) is 57.7 cm³/mol. The number of alkyl halides is 1. The highest BCUT2D eigenvalue weighted by atomic mass is 35.5. The molecule has 15 heavy (non-hydrogen) atoms. The molecule has 4 heteroatoms. The molecule has 2 rings (SSSR count). The van der Waals surface area contributed by atoms with Crippen molar-refractivity contribution in [3.8, 4) is 0 Å². The van der Waals surface area contributed by atoms with Gasteiger partial charge >= 0.3 is 0 Å². The number of hydrogen-bond acceptors (Lipinski definition) is 2. The fourth-order valence-electron chi connectivity index (χ4n) is 1.68. The van der Waals surface area contributed by atoms with E-state index in [1.807, 2.05) is 24.3 Å². The van der Waals surface area contributed by atoms with Crippen molar-refractivity contribution in [2.24, 2.45) is 0 Å². The van der Waals surface area contributed by atoms with E-state index in [4.69, 9.17) is 16.3 Å². The lowest BCUT2D eigenvalue weighted by molar-refractivity contribution is -0.119. The highest BCUT2D eigenvalue weighted by Crippen LogP contribution is 2.29. The molecule has 0 aliphatic carbocycles. The maximum atomic E-state index is 11.0. The van der Waals surface area contributed by atoms with E-state index >= 15 is 0 Å². The Balaban J connectivity index is 1.99. The van der Waals surface area contributed by atoms with E-state index < -0.39 is 0 Å². The minimum atomic E-state index is -0.162. The second-order valence-electron chi connectivity index (χ2n) is 3.44. The van der Waals surface area contributed by atoms with Crippen molar-refractivity contribution >= 4 is 17.5 Å². The molecule has 0 saturated heterocycles. The van der Waals surface area contributed by atoms with Gasteiger partial charge in [0.25, 0.3) is 0 Å². The lowest BCUT2D eigenvalue weighted by Gasteiger charge is -2.11. The summed E-state index contributed by atoms with van der Waals surface area (Å²) in [5, 5.41) is 2.72.